The van der Waals surface area contributed by atoms with Crippen LogP contribution in [0.1, 0.15) is 63.8 Å². The highest BCUT2D eigenvalue weighted by atomic mass is 32.2. The Balaban J connectivity index is 1.54. The first kappa shape index (κ1) is 26.1. The van der Waals surface area contributed by atoms with E-state index in [2.05, 4.69) is 5.32 Å². The van der Waals surface area contributed by atoms with Crippen LogP contribution in [-0.2, 0) is 27.7 Å². The first-order valence-corrected chi connectivity index (χ1v) is 14.1. The fourth-order valence-electron chi connectivity index (χ4n) is 4.82. The van der Waals surface area contributed by atoms with Gasteiger partial charge in [-0.3, -0.25) is 9.59 Å². The van der Waals surface area contributed by atoms with Gasteiger partial charge >= 0.3 is 6.09 Å². The van der Waals surface area contributed by atoms with Crippen LogP contribution in [0.2, 0.25) is 0 Å². The van der Waals surface area contributed by atoms with E-state index in [1.165, 1.54) is 47.6 Å². The molecule has 0 spiro atoms. The number of thiophene rings is 1. The Bertz CT molecular complexity index is 1270. The van der Waals surface area contributed by atoms with E-state index in [4.69, 9.17) is 10.5 Å². The number of ether oxygens (including phenoxy) is 1. The Labute approximate surface area is 214 Å². The van der Waals surface area contributed by atoms with E-state index in [9.17, 15) is 22.8 Å². The molecule has 0 aliphatic carbocycles. The molecule has 1 unspecified atom stereocenters. The number of nitrogens with two attached hydrogens (primary N) is 1. The zero-order valence-corrected chi connectivity index (χ0v) is 21.9. The van der Waals surface area contributed by atoms with Gasteiger partial charge in [0.2, 0.25) is 10.0 Å². The van der Waals surface area contributed by atoms with Gasteiger partial charge in [-0.2, -0.15) is 4.31 Å². The van der Waals surface area contributed by atoms with Crippen LogP contribution in [0.4, 0.5) is 9.80 Å². The van der Waals surface area contributed by atoms with Gasteiger partial charge in [-0.15, -0.1) is 11.3 Å². The summed E-state index contributed by atoms with van der Waals surface area (Å²) in [5.41, 5.74) is 6.82. The normalized spacial score (nSPS) is 18.4. The molecule has 0 radical (unpaired) electrons. The van der Waals surface area contributed by atoms with Crippen LogP contribution >= 0.6 is 11.3 Å². The van der Waals surface area contributed by atoms with Crippen LogP contribution in [0.15, 0.2) is 29.2 Å². The van der Waals surface area contributed by atoms with Gasteiger partial charge in [-0.25, -0.2) is 13.2 Å². The molecule has 1 aromatic carbocycles. The lowest BCUT2D eigenvalue weighted by atomic mass is 10.0. The van der Waals surface area contributed by atoms with Crippen molar-refractivity contribution in [1.82, 2.24) is 9.21 Å². The van der Waals surface area contributed by atoms with Gasteiger partial charge < -0.3 is 20.7 Å². The molecule has 194 valence electrons. The molecule has 10 nitrogen and oxygen atoms in total. The highest BCUT2D eigenvalue weighted by molar-refractivity contribution is 7.89. The molecular weight excluding hydrogens is 504 g/mol. The topological polar surface area (TPSA) is 139 Å². The van der Waals surface area contributed by atoms with Crippen LogP contribution < -0.4 is 11.1 Å². The smallest absolute Gasteiger partial charge is 0.409 e. The predicted octanol–water partition coefficient (Wildman–Crippen LogP) is 3.18. The summed E-state index contributed by atoms with van der Waals surface area (Å²) < 4.78 is 32.7. The molecule has 1 fully saturated rings. The summed E-state index contributed by atoms with van der Waals surface area (Å²) in [7, 11) is -2.36. The lowest BCUT2D eigenvalue weighted by Crippen LogP contribution is -2.43. The summed E-state index contributed by atoms with van der Waals surface area (Å²) in [5.74, 6) is -1.16. The molecule has 4 rings (SSSR count). The van der Waals surface area contributed by atoms with Crippen LogP contribution in [0.25, 0.3) is 0 Å². The van der Waals surface area contributed by atoms with Gasteiger partial charge in [0, 0.05) is 29.6 Å². The van der Waals surface area contributed by atoms with Crippen molar-refractivity contribution in [2.24, 2.45) is 5.73 Å². The number of carbonyl (C=O) groups excluding carboxylic acids is 3. The van der Waals surface area contributed by atoms with E-state index in [0.29, 0.717) is 24.5 Å². The number of hydrogen-bond donors (Lipinski definition) is 2. The van der Waals surface area contributed by atoms with Crippen molar-refractivity contribution in [1.29, 1.82) is 0 Å². The molecule has 3 N–H and O–H groups in total. The summed E-state index contributed by atoms with van der Waals surface area (Å²) >= 11 is 1.19. The highest BCUT2D eigenvalue weighted by Crippen LogP contribution is 2.37. The van der Waals surface area contributed by atoms with Crippen molar-refractivity contribution in [3.8, 4) is 0 Å². The minimum absolute atomic E-state index is 0.0149. The minimum Gasteiger partial charge on any atom is -0.453 e. The molecule has 1 saturated heterocycles. The van der Waals surface area contributed by atoms with E-state index >= 15 is 0 Å². The molecule has 2 aromatic rings. The maximum atomic E-state index is 13.2. The van der Waals surface area contributed by atoms with Crippen molar-refractivity contribution in [3.63, 3.8) is 0 Å². The van der Waals surface area contributed by atoms with Gasteiger partial charge in [0.15, 0.2) is 0 Å². The summed E-state index contributed by atoms with van der Waals surface area (Å²) in [6.07, 6.45) is 3.40. The van der Waals surface area contributed by atoms with Gasteiger partial charge in [0.05, 0.1) is 24.1 Å². The Morgan fingerprint density at radius 1 is 1.17 bits per heavy atom. The Morgan fingerprint density at radius 3 is 2.53 bits per heavy atom. The fourth-order valence-corrected chi connectivity index (χ4v) is 7.86. The number of hydrogen-bond acceptors (Lipinski definition) is 7. The third-order valence-corrected chi connectivity index (χ3v) is 9.83. The molecule has 0 bridgehead atoms. The first-order valence-electron chi connectivity index (χ1n) is 11.9. The van der Waals surface area contributed by atoms with E-state index < -0.39 is 27.9 Å². The molecule has 2 aliphatic heterocycles. The standard InChI is InChI=1S/C24H30N4O6S2/c1-3-16-6-4-5-12-28(16)36(32,33)17-9-7-15(8-10-17)22(30)26-23-20(21(25)29)18-11-13-27(24(31)34-2)14-19(18)35-23/h7-10,16H,3-6,11-14H2,1-2H3,(H2,25,29)(H,26,30). The molecule has 2 aliphatic rings. The number of benzene rings is 1. The number of primary amides is 1. The number of methoxy groups -OCH3 is 1. The average molecular weight is 535 g/mol. The zero-order chi connectivity index (χ0) is 26.0. The molecule has 3 amide bonds. The SMILES string of the molecule is CCC1CCCCN1S(=O)(=O)c1ccc(C(=O)Nc2sc3c(c2C(N)=O)CCN(C(=O)OC)C3)cc1. The summed E-state index contributed by atoms with van der Waals surface area (Å²) in [4.78, 5) is 39.5. The number of amides is 3. The summed E-state index contributed by atoms with van der Waals surface area (Å²) in [6, 6.07) is 5.79. The number of rotatable bonds is 6. The van der Waals surface area contributed by atoms with Crippen LogP contribution in [0.5, 0.6) is 0 Å². The number of nitrogens with one attached hydrogen (secondary N) is 1. The maximum absolute atomic E-state index is 13.2. The van der Waals surface area contributed by atoms with E-state index in [0.717, 1.165) is 36.1 Å². The summed E-state index contributed by atoms with van der Waals surface area (Å²) in [6.45, 7) is 3.11. The highest BCUT2D eigenvalue weighted by Gasteiger charge is 2.33. The van der Waals surface area contributed by atoms with Crippen molar-refractivity contribution in [3.05, 3.63) is 45.8 Å². The third-order valence-electron chi connectivity index (χ3n) is 6.73. The monoisotopic (exact) mass is 534 g/mol. The molecule has 1 aromatic heterocycles. The number of piperidine rings is 1. The van der Waals surface area contributed by atoms with Crippen molar-refractivity contribution >= 4 is 44.3 Å². The number of anilines is 1. The number of carbonyl (C=O) groups is 3. The predicted molar refractivity (Wildman–Crippen MR) is 136 cm³/mol. The van der Waals surface area contributed by atoms with Crippen molar-refractivity contribution in [2.75, 3.05) is 25.5 Å². The molecule has 3 heterocycles. The largest absolute Gasteiger partial charge is 0.453 e. The van der Waals surface area contributed by atoms with Crippen molar-refractivity contribution in [2.45, 2.75) is 56.5 Å². The van der Waals surface area contributed by atoms with Gasteiger partial charge in [-0.1, -0.05) is 13.3 Å². The van der Waals surface area contributed by atoms with Gasteiger partial charge in [-0.05, 0) is 55.5 Å². The molecule has 1 atom stereocenters. The fraction of sp³-hybridized carbons (Fsp3) is 0.458. The average Bonchev–Trinajstić information content (AvgIpc) is 3.25. The molecule has 12 heteroatoms. The van der Waals surface area contributed by atoms with Gasteiger partial charge in [0.1, 0.15) is 5.00 Å². The number of nitrogens with zero attached hydrogens (tertiary/aromatic N) is 2. The van der Waals surface area contributed by atoms with E-state index in [-0.39, 0.29) is 28.6 Å². The Kier molecular flexibility index (Phi) is 7.67. The van der Waals surface area contributed by atoms with Gasteiger partial charge in [0.25, 0.3) is 11.8 Å². The minimum atomic E-state index is -3.66. The zero-order valence-electron chi connectivity index (χ0n) is 20.3. The van der Waals surface area contributed by atoms with Crippen molar-refractivity contribution < 1.29 is 27.5 Å². The Hall–Kier alpha value is -2.96. The number of sulfonamides is 1. The quantitative estimate of drug-likeness (QED) is 0.584. The Morgan fingerprint density at radius 2 is 1.89 bits per heavy atom. The van der Waals surface area contributed by atoms with Crippen LogP contribution in [-0.4, -0.2) is 61.8 Å². The molecular formula is C24H30N4O6S2. The molecule has 36 heavy (non-hydrogen) atoms. The van der Waals surface area contributed by atoms with E-state index in [1.807, 2.05) is 6.92 Å². The van der Waals surface area contributed by atoms with Crippen LogP contribution in [0.3, 0.4) is 0 Å². The second kappa shape index (κ2) is 10.6. The molecule has 0 saturated carbocycles. The third kappa shape index (κ3) is 4.97. The number of fused-ring (bicyclic) bond motifs is 1. The summed E-state index contributed by atoms with van der Waals surface area (Å²) in [5, 5.41) is 3.05. The second-order valence-corrected chi connectivity index (χ2v) is 11.9. The second-order valence-electron chi connectivity index (χ2n) is 8.87. The maximum Gasteiger partial charge on any atom is 0.409 e. The van der Waals surface area contributed by atoms with E-state index in [1.54, 1.807) is 4.31 Å². The van der Waals surface area contributed by atoms with Crippen LogP contribution in [0, 0.1) is 0 Å². The first-order chi connectivity index (χ1) is 17.2. The lowest BCUT2D eigenvalue weighted by Gasteiger charge is -2.34. The lowest BCUT2D eigenvalue weighted by molar-refractivity contribution is 0.0999.